The van der Waals surface area contributed by atoms with Gasteiger partial charge in [-0.2, -0.15) is 5.26 Å². The van der Waals surface area contributed by atoms with Gasteiger partial charge in [-0.1, -0.05) is 24.3 Å². The van der Waals surface area contributed by atoms with Gasteiger partial charge in [0.1, 0.15) is 16.9 Å². The first-order chi connectivity index (χ1) is 12.5. The average Bonchev–Trinajstić information content (AvgIpc) is 3.50. The number of carbonyl (C=O) groups is 2. The van der Waals surface area contributed by atoms with E-state index >= 15 is 0 Å². The predicted molar refractivity (Wildman–Crippen MR) is 95.7 cm³/mol. The quantitative estimate of drug-likeness (QED) is 0.808. The second kappa shape index (κ2) is 7.04. The molecule has 1 saturated carbocycles. The molecule has 1 atom stereocenters. The van der Waals surface area contributed by atoms with E-state index in [1.807, 2.05) is 24.3 Å². The lowest BCUT2D eigenvalue weighted by atomic mass is 9.98. The largest absolute Gasteiger partial charge is 0.496 e. The number of ether oxygens (including phenoxy) is 2. The fraction of sp³-hybridized carbons (Fsp3) is 0.350. The smallest absolute Gasteiger partial charge is 0.342 e. The molecule has 1 aliphatic carbocycles. The molecule has 26 heavy (non-hydrogen) atoms. The highest BCUT2D eigenvalue weighted by Gasteiger charge is 2.43. The number of methoxy groups -OCH3 is 1. The summed E-state index contributed by atoms with van der Waals surface area (Å²) >= 11 is 0. The van der Waals surface area contributed by atoms with Crippen molar-refractivity contribution in [2.75, 3.05) is 13.7 Å². The maximum absolute atomic E-state index is 12.4. The van der Waals surface area contributed by atoms with Crippen LogP contribution >= 0.6 is 0 Å². The molecule has 2 aromatic carbocycles. The lowest BCUT2D eigenvalue weighted by Crippen LogP contribution is -2.48. The predicted octanol–water partition coefficient (Wildman–Crippen LogP) is 2.81. The van der Waals surface area contributed by atoms with Crippen molar-refractivity contribution in [3.8, 4) is 11.8 Å². The minimum absolute atomic E-state index is 0.160. The zero-order chi connectivity index (χ0) is 18.7. The topological polar surface area (TPSA) is 88.4 Å². The van der Waals surface area contributed by atoms with Crippen LogP contribution in [0.2, 0.25) is 0 Å². The van der Waals surface area contributed by atoms with Crippen molar-refractivity contribution >= 4 is 22.6 Å². The van der Waals surface area contributed by atoms with E-state index in [9.17, 15) is 14.9 Å². The number of esters is 1. The van der Waals surface area contributed by atoms with Crippen molar-refractivity contribution in [2.45, 2.75) is 25.3 Å². The third-order valence-electron chi connectivity index (χ3n) is 4.65. The minimum Gasteiger partial charge on any atom is -0.496 e. The maximum atomic E-state index is 12.4. The van der Waals surface area contributed by atoms with Gasteiger partial charge in [0.05, 0.1) is 13.2 Å². The monoisotopic (exact) mass is 352 g/mol. The van der Waals surface area contributed by atoms with Gasteiger partial charge in [0.2, 0.25) is 0 Å². The number of nitrogens with one attached hydrogen (secondary N) is 1. The summed E-state index contributed by atoms with van der Waals surface area (Å²) in [5.74, 6) is -0.594. The Labute approximate surface area is 151 Å². The summed E-state index contributed by atoms with van der Waals surface area (Å²) < 4.78 is 10.4. The van der Waals surface area contributed by atoms with Gasteiger partial charge in [-0.05, 0) is 48.6 Å². The summed E-state index contributed by atoms with van der Waals surface area (Å²) in [4.78, 5) is 24.5. The third-order valence-corrected chi connectivity index (χ3v) is 4.65. The van der Waals surface area contributed by atoms with E-state index in [2.05, 4.69) is 11.4 Å². The molecule has 0 saturated heterocycles. The van der Waals surface area contributed by atoms with Crippen LogP contribution in [0.15, 0.2) is 36.4 Å². The number of carbonyl (C=O) groups excluding carboxylic acids is 2. The first-order valence-electron chi connectivity index (χ1n) is 8.43. The fourth-order valence-corrected chi connectivity index (χ4v) is 2.96. The molecule has 0 aromatic heterocycles. The number of fused-ring (bicyclic) bond motifs is 1. The van der Waals surface area contributed by atoms with Crippen LogP contribution in [0.1, 0.15) is 30.1 Å². The number of rotatable bonds is 6. The highest BCUT2D eigenvalue weighted by molar-refractivity contribution is 5.99. The second-order valence-electron chi connectivity index (χ2n) is 6.61. The van der Waals surface area contributed by atoms with Crippen molar-refractivity contribution in [1.29, 1.82) is 5.26 Å². The summed E-state index contributed by atoms with van der Waals surface area (Å²) in [6.07, 6.45) is 1.83. The molecule has 6 heteroatoms. The van der Waals surface area contributed by atoms with Crippen LogP contribution in [0, 0.1) is 17.2 Å². The van der Waals surface area contributed by atoms with Crippen LogP contribution < -0.4 is 10.1 Å². The molecule has 1 fully saturated rings. The van der Waals surface area contributed by atoms with E-state index < -0.39 is 24.0 Å². The number of hydrogen-bond acceptors (Lipinski definition) is 5. The molecule has 1 aliphatic rings. The van der Waals surface area contributed by atoms with Gasteiger partial charge in [-0.15, -0.1) is 0 Å². The Balaban J connectivity index is 1.69. The van der Waals surface area contributed by atoms with Gasteiger partial charge in [0.15, 0.2) is 6.61 Å². The van der Waals surface area contributed by atoms with E-state index in [1.54, 1.807) is 19.1 Å². The van der Waals surface area contributed by atoms with Crippen LogP contribution in [-0.2, 0) is 9.53 Å². The molecule has 0 spiro atoms. The van der Waals surface area contributed by atoms with E-state index in [4.69, 9.17) is 9.47 Å². The third kappa shape index (κ3) is 3.62. The molecule has 2 aromatic rings. The van der Waals surface area contributed by atoms with Gasteiger partial charge in [0, 0.05) is 0 Å². The molecule has 1 amide bonds. The van der Waals surface area contributed by atoms with Crippen LogP contribution in [0.4, 0.5) is 0 Å². The zero-order valence-electron chi connectivity index (χ0n) is 14.7. The zero-order valence-corrected chi connectivity index (χ0v) is 14.7. The van der Waals surface area contributed by atoms with Gasteiger partial charge in [-0.3, -0.25) is 4.79 Å². The Kier molecular flexibility index (Phi) is 4.81. The molecule has 0 heterocycles. The molecule has 0 bridgehead atoms. The van der Waals surface area contributed by atoms with Gasteiger partial charge < -0.3 is 14.8 Å². The Bertz CT molecular complexity index is 898. The summed E-state index contributed by atoms with van der Waals surface area (Å²) in [6.45, 7) is 1.25. The number of nitriles is 1. The molecule has 3 rings (SSSR count). The number of benzene rings is 2. The fourth-order valence-electron chi connectivity index (χ4n) is 2.96. The van der Waals surface area contributed by atoms with Crippen LogP contribution in [0.3, 0.4) is 0 Å². The van der Waals surface area contributed by atoms with Crippen LogP contribution in [0.5, 0.6) is 5.75 Å². The molecule has 134 valence electrons. The average molecular weight is 352 g/mol. The molecule has 1 N–H and O–H groups in total. The first kappa shape index (κ1) is 17.7. The summed E-state index contributed by atoms with van der Waals surface area (Å²) in [5.41, 5.74) is -0.659. The molecular formula is C20H20N2O4. The van der Waals surface area contributed by atoms with Crippen LogP contribution in [0.25, 0.3) is 10.8 Å². The van der Waals surface area contributed by atoms with Crippen molar-refractivity contribution in [3.05, 3.63) is 42.0 Å². The Morgan fingerprint density at radius 2 is 1.92 bits per heavy atom. The summed E-state index contributed by atoms with van der Waals surface area (Å²) in [6, 6.07) is 13.1. The van der Waals surface area contributed by atoms with E-state index in [1.165, 1.54) is 7.11 Å². The molecule has 0 aliphatic heterocycles. The van der Waals surface area contributed by atoms with Gasteiger partial charge >= 0.3 is 5.97 Å². The maximum Gasteiger partial charge on any atom is 0.342 e. The highest BCUT2D eigenvalue weighted by atomic mass is 16.5. The van der Waals surface area contributed by atoms with E-state index in [0.717, 1.165) is 23.6 Å². The van der Waals surface area contributed by atoms with Gasteiger partial charge in [0.25, 0.3) is 5.91 Å². The lowest BCUT2D eigenvalue weighted by Gasteiger charge is -2.22. The Hall–Kier alpha value is -3.07. The summed E-state index contributed by atoms with van der Waals surface area (Å²) in [7, 11) is 1.47. The van der Waals surface area contributed by atoms with E-state index in [0.29, 0.717) is 5.75 Å². The molecule has 0 radical (unpaired) electrons. The van der Waals surface area contributed by atoms with Crippen molar-refractivity contribution < 1.29 is 19.1 Å². The van der Waals surface area contributed by atoms with Gasteiger partial charge in [-0.25, -0.2) is 4.79 Å². The van der Waals surface area contributed by atoms with Crippen molar-refractivity contribution in [3.63, 3.8) is 0 Å². The summed E-state index contributed by atoms with van der Waals surface area (Å²) in [5, 5.41) is 13.8. The SMILES string of the molecule is COc1cc2ccccc2cc1C(=O)OCC(=O)N[C@](C)(C#N)C1CC1. The van der Waals surface area contributed by atoms with Crippen molar-refractivity contribution in [1.82, 2.24) is 5.32 Å². The minimum atomic E-state index is -0.913. The van der Waals surface area contributed by atoms with E-state index in [-0.39, 0.29) is 11.5 Å². The highest BCUT2D eigenvalue weighted by Crippen LogP contribution is 2.39. The Morgan fingerprint density at radius 1 is 1.27 bits per heavy atom. The standard InChI is InChI=1S/C20H20N2O4/c1-20(12-21,15-7-8-15)22-18(23)11-26-19(24)16-9-13-5-3-4-6-14(13)10-17(16)25-2/h3-6,9-10,15H,7-8,11H2,1-2H3,(H,22,23)/t20-/m1/s1. The van der Waals surface area contributed by atoms with Crippen molar-refractivity contribution in [2.24, 2.45) is 5.92 Å². The first-order valence-corrected chi connectivity index (χ1v) is 8.43. The Morgan fingerprint density at radius 3 is 2.50 bits per heavy atom. The normalized spacial score (nSPS) is 15.6. The molecule has 0 unspecified atom stereocenters. The molecule has 6 nitrogen and oxygen atoms in total. The number of amides is 1. The second-order valence-corrected chi connectivity index (χ2v) is 6.61. The lowest BCUT2D eigenvalue weighted by molar-refractivity contribution is -0.125. The number of hydrogen-bond donors (Lipinski definition) is 1. The number of nitrogens with zero attached hydrogens (tertiary/aromatic N) is 1. The van der Waals surface area contributed by atoms with Crippen LogP contribution in [-0.4, -0.2) is 31.1 Å². The molecular weight excluding hydrogens is 332 g/mol.